The predicted octanol–water partition coefficient (Wildman–Crippen LogP) is 3.00. The second-order valence-electron chi connectivity index (χ2n) is 5.62. The van der Waals surface area contributed by atoms with Gasteiger partial charge in [-0.1, -0.05) is 12.1 Å². The molecule has 0 amide bonds. The molecule has 1 aliphatic rings. The minimum atomic E-state index is 0.174. The van der Waals surface area contributed by atoms with Gasteiger partial charge in [-0.15, -0.1) is 0 Å². The van der Waals surface area contributed by atoms with Crippen molar-refractivity contribution in [1.82, 2.24) is 4.90 Å². The van der Waals surface area contributed by atoms with Gasteiger partial charge < -0.3 is 4.74 Å². The van der Waals surface area contributed by atoms with Crippen LogP contribution < -0.4 is 4.74 Å². The molecule has 0 aliphatic heterocycles. The molecule has 0 N–H and O–H groups in total. The van der Waals surface area contributed by atoms with E-state index in [0.717, 1.165) is 23.8 Å². The van der Waals surface area contributed by atoms with Gasteiger partial charge in [-0.2, -0.15) is 0 Å². The van der Waals surface area contributed by atoms with Crippen LogP contribution >= 0.6 is 0 Å². The molecule has 0 atom stereocenters. The van der Waals surface area contributed by atoms with E-state index in [-0.39, 0.29) is 5.78 Å². The van der Waals surface area contributed by atoms with Gasteiger partial charge in [0.2, 0.25) is 0 Å². The number of carbonyl (C=O) groups is 1. The number of Topliss-reactive ketones (excluding diaryl/α,β-unsaturated/α-hetero) is 1. The molecule has 104 valence electrons. The van der Waals surface area contributed by atoms with Gasteiger partial charge in [-0.25, -0.2) is 0 Å². The molecule has 3 heteroatoms. The summed E-state index contributed by atoms with van der Waals surface area (Å²) in [6.07, 6.45) is 2.63. The zero-order chi connectivity index (χ0) is 13.8. The minimum Gasteiger partial charge on any atom is -0.497 e. The Morgan fingerprint density at radius 3 is 2.74 bits per heavy atom. The average molecular weight is 261 g/mol. The fourth-order valence-corrected chi connectivity index (χ4v) is 2.16. The van der Waals surface area contributed by atoms with Crippen LogP contribution in [0.2, 0.25) is 0 Å². The van der Waals surface area contributed by atoms with Crippen molar-refractivity contribution in [2.45, 2.75) is 32.7 Å². The van der Waals surface area contributed by atoms with Crippen LogP contribution in [0, 0.1) is 5.92 Å². The third-order valence-corrected chi connectivity index (χ3v) is 3.66. The van der Waals surface area contributed by atoms with Gasteiger partial charge in [0, 0.05) is 18.2 Å². The molecule has 3 nitrogen and oxygen atoms in total. The zero-order valence-corrected chi connectivity index (χ0v) is 12.1. The van der Waals surface area contributed by atoms with Crippen molar-refractivity contribution in [3.05, 3.63) is 29.8 Å². The largest absolute Gasteiger partial charge is 0.497 e. The molecule has 1 aliphatic carbocycles. The molecule has 0 bridgehead atoms. The molecule has 1 aromatic rings. The summed E-state index contributed by atoms with van der Waals surface area (Å²) in [5.74, 6) is 1.72. The maximum atomic E-state index is 12.3. The zero-order valence-electron chi connectivity index (χ0n) is 12.1. The van der Waals surface area contributed by atoms with Crippen LogP contribution in [0.5, 0.6) is 5.75 Å². The normalized spacial score (nSPS) is 15.0. The first-order valence-electron chi connectivity index (χ1n) is 7.01. The molecule has 0 heterocycles. The number of ketones is 1. The number of benzene rings is 1. The van der Waals surface area contributed by atoms with Crippen molar-refractivity contribution < 1.29 is 9.53 Å². The van der Waals surface area contributed by atoms with Gasteiger partial charge in [0.05, 0.1) is 13.7 Å². The van der Waals surface area contributed by atoms with Crippen LogP contribution in [0.25, 0.3) is 0 Å². The van der Waals surface area contributed by atoms with E-state index in [2.05, 4.69) is 18.7 Å². The van der Waals surface area contributed by atoms with Gasteiger partial charge in [0.15, 0.2) is 5.78 Å². The Balaban J connectivity index is 2.00. The van der Waals surface area contributed by atoms with Crippen LogP contribution in [-0.4, -0.2) is 36.9 Å². The summed E-state index contributed by atoms with van der Waals surface area (Å²) in [7, 11) is 1.62. The monoisotopic (exact) mass is 261 g/mol. The lowest BCUT2D eigenvalue weighted by Crippen LogP contribution is -2.37. The van der Waals surface area contributed by atoms with Gasteiger partial charge in [0.1, 0.15) is 5.75 Å². The molecular weight excluding hydrogens is 238 g/mol. The predicted molar refractivity (Wildman–Crippen MR) is 76.8 cm³/mol. The van der Waals surface area contributed by atoms with Crippen molar-refractivity contribution in [3.8, 4) is 5.75 Å². The molecular formula is C16H23NO2. The Morgan fingerprint density at radius 1 is 1.42 bits per heavy atom. The quantitative estimate of drug-likeness (QED) is 0.707. The highest BCUT2D eigenvalue weighted by Crippen LogP contribution is 2.30. The second kappa shape index (κ2) is 6.20. The number of ether oxygens (including phenoxy) is 1. The molecule has 0 saturated heterocycles. The molecule has 2 rings (SSSR count). The highest BCUT2D eigenvalue weighted by Gasteiger charge is 2.26. The topological polar surface area (TPSA) is 29.5 Å². The number of carbonyl (C=O) groups excluding carboxylic acids is 1. The lowest BCUT2D eigenvalue weighted by molar-refractivity contribution is 0.0900. The van der Waals surface area contributed by atoms with E-state index in [1.54, 1.807) is 7.11 Å². The molecule has 0 radical (unpaired) electrons. The highest BCUT2D eigenvalue weighted by molar-refractivity contribution is 5.97. The van der Waals surface area contributed by atoms with E-state index in [1.807, 2.05) is 24.3 Å². The van der Waals surface area contributed by atoms with Crippen LogP contribution in [0.4, 0.5) is 0 Å². The fourth-order valence-electron chi connectivity index (χ4n) is 2.16. The maximum absolute atomic E-state index is 12.3. The van der Waals surface area contributed by atoms with Gasteiger partial charge >= 0.3 is 0 Å². The highest BCUT2D eigenvalue weighted by atomic mass is 16.5. The van der Waals surface area contributed by atoms with Crippen molar-refractivity contribution in [2.24, 2.45) is 5.92 Å². The molecule has 1 fully saturated rings. The first-order valence-corrected chi connectivity index (χ1v) is 7.01. The Hall–Kier alpha value is -1.35. The standard InChI is InChI=1S/C16H23NO2/c1-12(2)17(10-13-7-8-13)11-16(18)14-5-4-6-15(9-14)19-3/h4-6,9,12-13H,7-8,10-11H2,1-3H3. The Bertz CT molecular complexity index is 438. The summed E-state index contributed by atoms with van der Waals surface area (Å²) in [4.78, 5) is 14.6. The van der Waals surface area contributed by atoms with Crippen LogP contribution in [0.3, 0.4) is 0 Å². The molecule has 0 aromatic heterocycles. The Morgan fingerprint density at radius 2 is 2.16 bits per heavy atom. The number of methoxy groups -OCH3 is 1. The molecule has 0 spiro atoms. The van der Waals surface area contributed by atoms with Gasteiger partial charge in [0.25, 0.3) is 0 Å². The second-order valence-corrected chi connectivity index (χ2v) is 5.62. The Labute approximate surface area is 115 Å². The molecule has 1 aromatic carbocycles. The number of nitrogens with zero attached hydrogens (tertiary/aromatic N) is 1. The van der Waals surface area contributed by atoms with E-state index in [0.29, 0.717) is 12.6 Å². The first-order chi connectivity index (χ1) is 9.10. The van der Waals surface area contributed by atoms with Crippen molar-refractivity contribution in [2.75, 3.05) is 20.2 Å². The van der Waals surface area contributed by atoms with Crippen molar-refractivity contribution in [3.63, 3.8) is 0 Å². The lowest BCUT2D eigenvalue weighted by Gasteiger charge is -2.25. The van der Waals surface area contributed by atoms with E-state index in [4.69, 9.17) is 4.74 Å². The summed E-state index contributed by atoms with van der Waals surface area (Å²) < 4.78 is 5.17. The molecule has 0 unspecified atom stereocenters. The Kier molecular flexibility index (Phi) is 4.59. The van der Waals surface area contributed by atoms with Crippen LogP contribution in [0.15, 0.2) is 24.3 Å². The van der Waals surface area contributed by atoms with E-state index >= 15 is 0 Å². The smallest absolute Gasteiger partial charge is 0.176 e. The third-order valence-electron chi connectivity index (χ3n) is 3.66. The first kappa shape index (κ1) is 14.1. The number of hydrogen-bond donors (Lipinski definition) is 0. The summed E-state index contributed by atoms with van der Waals surface area (Å²) in [5, 5.41) is 0. The average Bonchev–Trinajstić information content (AvgIpc) is 3.21. The summed E-state index contributed by atoms with van der Waals surface area (Å²) in [5.41, 5.74) is 0.737. The van der Waals surface area contributed by atoms with Crippen molar-refractivity contribution >= 4 is 5.78 Å². The van der Waals surface area contributed by atoms with Crippen LogP contribution in [0.1, 0.15) is 37.0 Å². The van der Waals surface area contributed by atoms with E-state index < -0.39 is 0 Å². The maximum Gasteiger partial charge on any atom is 0.176 e. The molecule has 1 saturated carbocycles. The van der Waals surface area contributed by atoms with Crippen molar-refractivity contribution in [1.29, 1.82) is 0 Å². The van der Waals surface area contributed by atoms with Gasteiger partial charge in [-0.3, -0.25) is 9.69 Å². The van der Waals surface area contributed by atoms with Gasteiger partial charge in [-0.05, 0) is 44.7 Å². The summed E-state index contributed by atoms with van der Waals surface area (Å²) >= 11 is 0. The lowest BCUT2D eigenvalue weighted by atomic mass is 10.1. The molecule has 19 heavy (non-hydrogen) atoms. The number of hydrogen-bond acceptors (Lipinski definition) is 3. The summed E-state index contributed by atoms with van der Waals surface area (Å²) in [6.45, 7) is 5.86. The van der Waals surface area contributed by atoms with E-state index in [9.17, 15) is 4.79 Å². The summed E-state index contributed by atoms with van der Waals surface area (Å²) in [6, 6.07) is 7.82. The number of rotatable bonds is 7. The SMILES string of the molecule is COc1cccc(C(=O)CN(CC2CC2)C(C)C)c1. The third kappa shape index (κ3) is 4.06. The van der Waals surface area contributed by atoms with E-state index in [1.165, 1.54) is 12.8 Å². The van der Waals surface area contributed by atoms with Crippen LogP contribution in [-0.2, 0) is 0 Å². The minimum absolute atomic E-state index is 0.174. The fraction of sp³-hybridized carbons (Fsp3) is 0.562.